The number of carbonyl (C=O) groups excluding carboxylic acids is 1. The van der Waals surface area contributed by atoms with E-state index in [-0.39, 0.29) is 29.0 Å². The molecule has 8 nitrogen and oxygen atoms in total. The molecule has 1 atom stereocenters. The highest BCUT2D eigenvalue weighted by Crippen LogP contribution is 2.31. The van der Waals surface area contributed by atoms with Crippen molar-refractivity contribution in [3.8, 4) is 0 Å². The molecule has 11 heteroatoms. The number of rotatable bonds is 5. The number of aryl methyl sites for hydroxylation is 1. The van der Waals surface area contributed by atoms with Gasteiger partial charge in [-0.1, -0.05) is 6.07 Å². The van der Waals surface area contributed by atoms with Gasteiger partial charge < -0.3 is 0 Å². The van der Waals surface area contributed by atoms with Gasteiger partial charge in [-0.3, -0.25) is 15.2 Å². The lowest BCUT2D eigenvalue weighted by Gasteiger charge is -2.16. The van der Waals surface area contributed by atoms with E-state index in [9.17, 15) is 17.6 Å². The third-order valence-corrected chi connectivity index (χ3v) is 7.40. The topological polar surface area (TPSA) is 108 Å². The number of hydrogen-bond acceptors (Lipinski definition) is 6. The van der Waals surface area contributed by atoms with E-state index in [0.29, 0.717) is 29.4 Å². The molecule has 0 saturated carbocycles. The quantitative estimate of drug-likeness (QED) is 0.641. The molecule has 4 rings (SSSR count). The molecule has 1 amide bonds. The number of amides is 1. The van der Waals surface area contributed by atoms with Gasteiger partial charge in [-0.15, -0.1) is 11.3 Å². The predicted octanol–water partition coefficient (Wildman–Crippen LogP) is 2.74. The molecule has 3 heterocycles. The maximum Gasteiger partial charge on any atom is 0.277 e. The highest BCUT2D eigenvalue weighted by atomic mass is 32.2. The molecule has 2 aromatic heterocycles. The van der Waals surface area contributed by atoms with E-state index in [4.69, 9.17) is 0 Å². The van der Waals surface area contributed by atoms with Gasteiger partial charge in [0.2, 0.25) is 10.0 Å². The van der Waals surface area contributed by atoms with Crippen LogP contribution in [0.2, 0.25) is 0 Å². The summed E-state index contributed by atoms with van der Waals surface area (Å²) in [6.45, 7) is 2.12. The van der Waals surface area contributed by atoms with E-state index < -0.39 is 15.8 Å². The van der Waals surface area contributed by atoms with Crippen LogP contribution in [0.3, 0.4) is 0 Å². The van der Waals surface area contributed by atoms with Crippen molar-refractivity contribution < 1.29 is 17.6 Å². The van der Waals surface area contributed by atoms with Gasteiger partial charge in [-0.25, -0.2) is 17.8 Å². The number of anilines is 1. The number of benzene rings is 1. The van der Waals surface area contributed by atoms with Gasteiger partial charge in [0.25, 0.3) is 5.91 Å². The molecule has 0 radical (unpaired) electrons. The summed E-state index contributed by atoms with van der Waals surface area (Å²) < 4.78 is 40.8. The van der Waals surface area contributed by atoms with Crippen molar-refractivity contribution in [3.63, 3.8) is 0 Å². The Bertz CT molecular complexity index is 1140. The summed E-state index contributed by atoms with van der Waals surface area (Å²) in [6.07, 6.45) is 2.16. The second kappa shape index (κ2) is 7.65. The first-order valence-electron chi connectivity index (χ1n) is 8.87. The molecule has 0 unspecified atom stereocenters. The maximum absolute atomic E-state index is 13.8. The summed E-state index contributed by atoms with van der Waals surface area (Å²) in [5, 5.41) is 11.7. The lowest BCUT2D eigenvalue weighted by Crippen LogP contribution is -2.28. The van der Waals surface area contributed by atoms with Crippen molar-refractivity contribution in [1.29, 1.82) is 0 Å². The number of halogens is 1. The Morgan fingerprint density at radius 1 is 1.38 bits per heavy atom. The largest absolute Gasteiger partial charge is 0.296 e. The van der Waals surface area contributed by atoms with Crippen LogP contribution in [0, 0.1) is 12.7 Å². The van der Waals surface area contributed by atoms with Crippen LogP contribution in [0.1, 0.15) is 34.1 Å². The summed E-state index contributed by atoms with van der Waals surface area (Å²) in [6, 6.07) is 5.54. The number of thiazole rings is 1. The highest BCUT2D eigenvalue weighted by molar-refractivity contribution is 7.89. The second-order valence-electron chi connectivity index (χ2n) is 6.76. The van der Waals surface area contributed by atoms with Crippen LogP contribution >= 0.6 is 11.3 Å². The molecule has 2 N–H and O–H groups in total. The smallest absolute Gasteiger partial charge is 0.277 e. The van der Waals surface area contributed by atoms with Crippen LogP contribution in [0.15, 0.2) is 40.7 Å². The molecule has 3 aromatic rings. The molecule has 29 heavy (non-hydrogen) atoms. The monoisotopic (exact) mass is 435 g/mol. The zero-order valence-electron chi connectivity index (χ0n) is 15.4. The van der Waals surface area contributed by atoms with E-state index in [1.165, 1.54) is 27.8 Å². The van der Waals surface area contributed by atoms with Crippen molar-refractivity contribution in [2.75, 3.05) is 18.4 Å². The molecule has 0 aliphatic carbocycles. The van der Waals surface area contributed by atoms with Crippen LogP contribution in [0.5, 0.6) is 0 Å². The average Bonchev–Trinajstić information content (AvgIpc) is 3.44. The summed E-state index contributed by atoms with van der Waals surface area (Å²) in [7, 11) is -3.79. The Morgan fingerprint density at radius 2 is 2.21 bits per heavy atom. The Balaban J connectivity index is 1.46. The third-order valence-electron chi connectivity index (χ3n) is 4.85. The van der Waals surface area contributed by atoms with E-state index in [2.05, 4.69) is 20.5 Å². The zero-order valence-corrected chi connectivity index (χ0v) is 17.1. The number of sulfonamides is 1. The summed E-state index contributed by atoms with van der Waals surface area (Å²) in [4.78, 5) is 16.2. The maximum atomic E-state index is 13.8. The number of nitrogens with one attached hydrogen (secondary N) is 2. The molecule has 1 fully saturated rings. The van der Waals surface area contributed by atoms with Gasteiger partial charge in [0, 0.05) is 36.3 Å². The first-order chi connectivity index (χ1) is 13.8. The zero-order chi connectivity index (χ0) is 20.6. The van der Waals surface area contributed by atoms with Crippen LogP contribution in [0.4, 0.5) is 9.52 Å². The SMILES string of the molecule is Cc1ccc(S(=O)(=O)N2CC[C@@H](c3cc(C(=O)Nc4nccs4)n[nH]3)C2)cc1F. The standard InChI is InChI=1S/C18H18FN5O3S2/c1-11-2-3-13(8-14(11)19)29(26,27)24-6-4-12(10-24)15-9-16(23-22-15)17(25)21-18-20-5-7-28-18/h2-3,5,7-9,12H,4,6,10H2,1H3,(H,22,23)(H,20,21,25)/t12-/m1/s1. The van der Waals surface area contributed by atoms with E-state index in [1.807, 2.05) is 0 Å². The molecular formula is C18H18FN5O3S2. The van der Waals surface area contributed by atoms with Gasteiger partial charge in [-0.2, -0.15) is 9.40 Å². The molecular weight excluding hydrogens is 417 g/mol. The summed E-state index contributed by atoms with van der Waals surface area (Å²) in [5.74, 6) is -1.07. The average molecular weight is 436 g/mol. The summed E-state index contributed by atoms with van der Waals surface area (Å²) >= 11 is 1.30. The van der Waals surface area contributed by atoms with Gasteiger partial charge in [0.1, 0.15) is 5.82 Å². The van der Waals surface area contributed by atoms with Gasteiger partial charge in [-0.05, 0) is 37.1 Å². The van der Waals surface area contributed by atoms with Crippen molar-refractivity contribution in [2.24, 2.45) is 0 Å². The van der Waals surface area contributed by atoms with Crippen LogP contribution in [0.25, 0.3) is 0 Å². The van der Waals surface area contributed by atoms with E-state index in [0.717, 1.165) is 6.07 Å². The van der Waals surface area contributed by atoms with Crippen molar-refractivity contribution in [3.05, 3.63) is 58.6 Å². The molecule has 0 spiro atoms. The molecule has 1 aliphatic heterocycles. The normalized spacial score (nSPS) is 17.5. The predicted molar refractivity (Wildman–Crippen MR) is 106 cm³/mol. The lowest BCUT2D eigenvalue weighted by molar-refractivity contribution is 0.102. The minimum absolute atomic E-state index is 0.0608. The molecule has 1 aliphatic rings. The highest BCUT2D eigenvalue weighted by Gasteiger charge is 2.34. The number of H-pyrrole nitrogens is 1. The van der Waals surface area contributed by atoms with Gasteiger partial charge >= 0.3 is 0 Å². The minimum Gasteiger partial charge on any atom is -0.296 e. The van der Waals surface area contributed by atoms with Crippen molar-refractivity contribution in [1.82, 2.24) is 19.5 Å². The molecule has 0 bridgehead atoms. The van der Waals surface area contributed by atoms with E-state index in [1.54, 1.807) is 24.6 Å². The molecule has 1 aromatic carbocycles. The Labute approximate surface area is 170 Å². The Morgan fingerprint density at radius 3 is 2.93 bits per heavy atom. The number of nitrogens with zero attached hydrogens (tertiary/aromatic N) is 3. The number of hydrogen-bond donors (Lipinski definition) is 2. The minimum atomic E-state index is -3.79. The number of aromatic amines is 1. The second-order valence-corrected chi connectivity index (χ2v) is 9.59. The number of aromatic nitrogens is 3. The number of carbonyl (C=O) groups is 1. The van der Waals surface area contributed by atoms with Crippen LogP contribution in [-0.2, 0) is 10.0 Å². The fraction of sp³-hybridized carbons (Fsp3) is 0.278. The van der Waals surface area contributed by atoms with Crippen molar-refractivity contribution >= 4 is 32.4 Å². The van der Waals surface area contributed by atoms with Crippen LogP contribution < -0.4 is 5.32 Å². The fourth-order valence-corrected chi connectivity index (χ4v) is 5.23. The van der Waals surface area contributed by atoms with Gasteiger partial charge in [0.05, 0.1) is 4.90 Å². The molecule has 1 saturated heterocycles. The Hall–Kier alpha value is -2.63. The van der Waals surface area contributed by atoms with E-state index >= 15 is 0 Å². The van der Waals surface area contributed by atoms with Crippen molar-refractivity contribution in [2.45, 2.75) is 24.2 Å². The Kier molecular flexibility index (Phi) is 5.19. The molecule has 152 valence electrons. The van der Waals surface area contributed by atoms with Gasteiger partial charge in [0.15, 0.2) is 10.8 Å². The third kappa shape index (κ3) is 3.93. The van der Waals surface area contributed by atoms with Crippen LogP contribution in [-0.4, -0.2) is 46.9 Å². The first-order valence-corrected chi connectivity index (χ1v) is 11.2. The lowest BCUT2D eigenvalue weighted by atomic mass is 10.1. The first kappa shape index (κ1) is 19.7. The fourth-order valence-electron chi connectivity index (χ4n) is 3.19. The summed E-state index contributed by atoms with van der Waals surface area (Å²) in [5.41, 5.74) is 1.28.